The minimum absolute atomic E-state index is 0.0482. The van der Waals surface area contributed by atoms with Crippen molar-refractivity contribution in [3.05, 3.63) is 29.3 Å². The Morgan fingerprint density at radius 1 is 1.33 bits per heavy atom. The number of methoxy groups -OCH3 is 1. The molecule has 1 unspecified atom stereocenters. The number of hydrogen-bond acceptors (Lipinski definition) is 5. The number of nitrogens with zero attached hydrogens (tertiary/aromatic N) is 2. The number of amides is 2. The Labute approximate surface area is 146 Å². The van der Waals surface area contributed by atoms with E-state index in [1.807, 2.05) is 24.3 Å². The minimum atomic E-state index is -0.762. The second-order valence-electron chi connectivity index (χ2n) is 5.63. The van der Waals surface area contributed by atoms with Crippen molar-refractivity contribution in [3.8, 4) is 0 Å². The van der Waals surface area contributed by atoms with E-state index in [1.54, 1.807) is 4.90 Å². The van der Waals surface area contributed by atoms with Crippen molar-refractivity contribution in [2.45, 2.75) is 6.04 Å². The van der Waals surface area contributed by atoms with Crippen LogP contribution in [0.5, 0.6) is 0 Å². The summed E-state index contributed by atoms with van der Waals surface area (Å²) in [6, 6.07) is 6.90. The monoisotopic (exact) mass is 354 g/mol. The van der Waals surface area contributed by atoms with Gasteiger partial charge in [-0.2, -0.15) is 0 Å². The summed E-state index contributed by atoms with van der Waals surface area (Å²) in [5.74, 6) is -0.499. The molecule has 0 spiro atoms. The normalized spacial score (nSPS) is 16.0. The lowest BCUT2D eigenvalue weighted by molar-refractivity contribution is -0.133. The van der Waals surface area contributed by atoms with Crippen molar-refractivity contribution in [1.29, 1.82) is 0 Å². The van der Waals surface area contributed by atoms with Gasteiger partial charge in [0.1, 0.15) is 6.04 Å². The molecule has 0 radical (unpaired) electrons. The van der Waals surface area contributed by atoms with Crippen LogP contribution in [0.2, 0.25) is 5.02 Å². The molecule has 0 aliphatic carbocycles. The van der Waals surface area contributed by atoms with Gasteiger partial charge in [0.2, 0.25) is 11.8 Å². The zero-order chi connectivity index (χ0) is 17.5. The van der Waals surface area contributed by atoms with Gasteiger partial charge in [-0.05, 0) is 18.2 Å². The molecule has 1 aromatic carbocycles. The van der Waals surface area contributed by atoms with Gasteiger partial charge in [-0.25, -0.2) is 0 Å². The van der Waals surface area contributed by atoms with E-state index < -0.39 is 6.04 Å². The van der Waals surface area contributed by atoms with Crippen molar-refractivity contribution < 1.29 is 14.3 Å². The number of carbonyl (C=O) groups excluding carboxylic acids is 2. The summed E-state index contributed by atoms with van der Waals surface area (Å²) in [5.41, 5.74) is 6.66. The van der Waals surface area contributed by atoms with Crippen LogP contribution in [0, 0.1) is 0 Å². The largest absolute Gasteiger partial charge is 0.383 e. The molecule has 8 heteroatoms. The molecule has 1 heterocycles. The van der Waals surface area contributed by atoms with Gasteiger partial charge in [-0.1, -0.05) is 17.7 Å². The molecule has 1 aromatic rings. The molecule has 1 saturated heterocycles. The van der Waals surface area contributed by atoms with Gasteiger partial charge in [0.15, 0.2) is 0 Å². The lowest BCUT2D eigenvalue weighted by Gasteiger charge is -2.36. The maximum atomic E-state index is 12.2. The van der Waals surface area contributed by atoms with Gasteiger partial charge in [0.25, 0.3) is 0 Å². The quantitative estimate of drug-likeness (QED) is 0.755. The Bertz CT molecular complexity index is 576. The summed E-state index contributed by atoms with van der Waals surface area (Å²) in [4.78, 5) is 27.8. The molecule has 24 heavy (non-hydrogen) atoms. The van der Waals surface area contributed by atoms with Crippen molar-refractivity contribution in [2.75, 3.05) is 51.3 Å². The molecule has 0 saturated carbocycles. The molecule has 1 aliphatic heterocycles. The molecule has 1 aliphatic rings. The summed E-state index contributed by atoms with van der Waals surface area (Å²) in [6.45, 7) is 2.73. The fraction of sp³-hybridized carbons (Fsp3) is 0.500. The molecule has 3 N–H and O–H groups in total. The Morgan fingerprint density at radius 3 is 2.67 bits per heavy atom. The van der Waals surface area contributed by atoms with Gasteiger partial charge in [0.05, 0.1) is 13.2 Å². The lowest BCUT2D eigenvalue weighted by atomic mass is 10.2. The van der Waals surface area contributed by atoms with Crippen LogP contribution in [-0.2, 0) is 14.3 Å². The lowest BCUT2D eigenvalue weighted by Crippen LogP contribution is -2.52. The first-order valence-electron chi connectivity index (χ1n) is 7.82. The van der Waals surface area contributed by atoms with Crippen molar-refractivity contribution in [1.82, 2.24) is 10.2 Å². The third kappa shape index (κ3) is 5.09. The zero-order valence-electron chi connectivity index (χ0n) is 13.7. The summed E-state index contributed by atoms with van der Waals surface area (Å²) in [7, 11) is 1.47. The minimum Gasteiger partial charge on any atom is -0.383 e. The molecule has 7 nitrogen and oxygen atoms in total. The fourth-order valence-corrected chi connectivity index (χ4v) is 2.73. The molecule has 1 fully saturated rings. The Morgan fingerprint density at radius 2 is 2.04 bits per heavy atom. The predicted molar refractivity (Wildman–Crippen MR) is 93.1 cm³/mol. The summed E-state index contributed by atoms with van der Waals surface area (Å²) in [5, 5.41) is 3.24. The Kier molecular flexibility index (Phi) is 6.84. The van der Waals surface area contributed by atoms with Crippen LogP contribution in [0.3, 0.4) is 0 Å². The number of benzene rings is 1. The number of ether oxygens (including phenoxy) is 1. The van der Waals surface area contributed by atoms with Crippen molar-refractivity contribution in [3.63, 3.8) is 0 Å². The highest BCUT2D eigenvalue weighted by molar-refractivity contribution is 6.30. The number of nitrogens with one attached hydrogen (secondary N) is 1. The summed E-state index contributed by atoms with van der Waals surface area (Å²) in [6.07, 6.45) is 0. The number of piperazine rings is 1. The number of carbonyl (C=O) groups is 2. The van der Waals surface area contributed by atoms with E-state index in [4.69, 9.17) is 22.1 Å². The standard InChI is InChI=1S/C16H23ClN4O3/c1-24-11-14(18)16(23)19-10-15(22)21-7-5-20(6-8-21)13-4-2-3-12(17)9-13/h2-4,9,14H,5-8,10-11,18H2,1H3,(H,19,23). The molecule has 2 amide bonds. The molecule has 0 aromatic heterocycles. The number of rotatable bonds is 6. The van der Waals surface area contributed by atoms with Crippen molar-refractivity contribution >= 4 is 29.1 Å². The third-order valence-electron chi connectivity index (χ3n) is 3.90. The average Bonchev–Trinajstić information content (AvgIpc) is 2.59. The van der Waals surface area contributed by atoms with E-state index in [0.29, 0.717) is 18.1 Å². The fourth-order valence-electron chi connectivity index (χ4n) is 2.55. The first kappa shape index (κ1) is 18.5. The number of hydrogen-bond donors (Lipinski definition) is 2. The van der Waals surface area contributed by atoms with E-state index in [1.165, 1.54) is 7.11 Å². The first-order chi connectivity index (χ1) is 11.5. The molecular weight excluding hydrogens is 332 g/mol. The van der Waals surface area contributed by atoms with E-state index in [2.05, 4.69) is 10.2 Å². The summed E-state index contributed by atoms with van der Waals surface area (Å²) < 4.78 is 4.81. The Balaban J connectivity index is 1.77. The van der Waals surface area contributed by atoms with Crippen molar-refractivity contribution in [2.24, 2.45) is 5.73 Å². The predicted octanol–water partition coefficient (Wildman–Crippen LogP) is 0.0785. The van der Waals surface area contributed by atoms with Crippen LogP contribution in [0.25, 0.3) is 0 Å². The van der Waals surface area contributed by atoms with Crippen LogP contribution >= 0.6 is 11.6 Å². The SMILES string of the molecule is COCC(N)C(=O)NCC(=O)N1CCN(c2cccc(Cl)c2)CC1. The second kappa shape index (κ2) is 8.86. The third-order valence-corrected chi connectivity index (χ3v) is 4.14. The highest BCUT2D eigenvalue weighted by Gasteiger charge is 2.22. The maximum absolute atomic E-state index is 12.2. The molecule has 1 atom stereocenters. The summed E-state index contributed by atoms with van der Waals surface area (Å²) >= 11 is 6.01. The van der Waals surface area contributed by atoms with Gasteiger partial charge in [0, 0.05) is 44.0 Å². The van der Waals surface area contributed by atoms with Crippen LogP contribution in [0.15, 0.2) is 24.3 Å². The average molecular weight is 355 g/mol. The highest BCUT2D eigenvalue weighted by atomic mass is 35.5. The molecule has 132 valence electrons. The van der Waals surface area contributed by atoms with Gasteiger partial charge in [-0.3, -0.25) is 9.59 Å². The van der Waals surface area contributed by atoms with E-state index in [9.17, 15) is 9.59 Å². The molecular formula is C16H23ClN4O3. The van der Waals surface area contributed by atoms with Crippen LogP contribution in [0.4, 0.5) is 5.69 Å². The maximum Gasteiger partial charge on any atom is 0.242 e. The number of halogens is 1. The number of nitrogens with two attached hydrogens (primary N) is 1. The Hall–Kier alpha value is -1.83. The van der Waals surface area contributed by atoms with Crippen LogP contribution in [-0.4, -0.2) is 69.2 Å². The van der Waals surface area contributed by atoms with E-state index in [-0.39, 0.29) is 25.0 Å². The van der Waals surface area contributed by atoms with Gasteiger partial charge in [-0.15, -0.1) is 0 Å². The van der Waals surface area contributed by atoms with Gasteiger partial charge < -0.3 is 25.6 Å². The zero-order valence-corrected chi connectivity index (χ0v) is 14.5. The topological polar surface area (TPSA) is 87.9 Å². The first-order valence-corrected chi connectivity index (χ1v) is 8.19. The van der Waals surface area contributed by atoms with Crippen LogP contribution < -0.4 is 16.0 Å². The molecule has 2 rings (SSSR count). The highest BCUT2D eigenvalue weighted by Crippen LogP contribution is 2.20. The van der Waals surface area contributed by atoms with E-state index in [0.717, 1.165) is 18.8 Å². The van der Waals surface area contributed by atoms with Gasteiger partial charge >= 0.3 is 0 Å². The van der Waals surface area contributed by atoms with Crippen LogP contribution in [0.1, 0.15) is 0 Å². The smallest absolute Gasteiger partial charge is 0.242 e. The van der Waals surface area contributed by atoms with E-state index >= 15 is 0 Å². The second-order valence-corrected chi connectivity index (χ2v) is 6.06. The molecule has 0 bridgehead atoms. The number of anilines is 1.